The van der Waals surface area contributed by atoms with Crippen LogP contribution in [-0.2, 0) is 4.79 Å². The Morgan fingerprint density at radius 1 is 1.75 bits per heavy atom. The Balaban J connectivity index is 1.78. The van der Waals surface area contributed by atoms with E-state index < -0.39 is 0 Å². The van der Waals surface area contributed by atoms with E-state index in [0.717, 1.165) is 18.5 Å². The highest BCUT2D eigenvalue weighted by molar-refractivity contribution is 5.77. The number of nitrogens with one attached hydrogen (secondary N) is 3. The summed E-state index contributed by atoms with van der Waals surface area (Å²) in [6, 6.07) is 0.379. The normalized spacial score (nSPS) is 21.9. The fourth-order valence-corrected chi connectivity index (χ4v) is 2.04. The number of carbonyl (C=O) groups excluding carboxylic acids is 1. The fourth-order valence-electron chi connectivity index (χ4n) is 2.04. The summed E-state index contributed by atoms with van der Waals surface area (Å²) in [5.74, 6) is 0.105. The molecule has 1 aliphatic rings. The van der Waals surface area contributed by atoms with Gasteiger partial charge in [-0.1, -0.05) is 0 Å². The molecule has 0 radical (unpaired) electrons. The second kappa shape index (κ2) is 5.12. The monoisotopic (exact) mass is 222 g/mol. The van der Waals surface area contributed by atoms with Crippen molar-refractivity contribution in [3.8, 4) is 0 Å². The number of carbonyl (C=O) groups is 1. The van der Waals surface area contributed by atoms with Gasteiger partial charge in [0.2, 0.25) is 5.91 Å². The molecule has 2 atom stereocenters. The van der Waals surface area contributed by atoms with Crippen LogP contribution >= 0.6 is 0 Å². The van der Waals surface area contributed by atoms with Gasteiger partial charge < -0.3 is 10.6 Å². The zero-order chi connectivity index (χ0) is 11.4. The summed E-state index contributed by atoms with van der Waals surface area (Å²) in [5.41, 5.74) is 1.01. The maximum Gasteiger partial charge on any atom is 0.222 e. The van der Waals surface area contributed by atoms with E-state index in [1.807, 2.05) is 6.92 Å². The van der Waals surface area contributed by atoms with Gasteiger partial charge >= 0.3 is 0 Å². The van der Waals surface area contributed by atoms with Crippen LogP contribution in [0.4, 0.5) is 0 Å². The first-order valence-electron chi connectivity index (χ1n) is 5.77. The second-order valence-corrected chi connectivity index (χ2v) is 4.32. The van der Waals surface area contributed by atoms with Gasteiger partial charge in [0.15, 0.2) is 0 Å². The van der Waals surface area contributed by atoms with Gasteiger partial charge in [0.25, 0.3) is 0 Å². The van der Waals surface area contributed by atoms with Crippen LogP contribution in [0, 0.1) is 0 Å². The highest BCUT2D eigenvalue weighted by Gasteiger charge is 2.18. The molecule has 1 fully saturated rings. The first-order valence-corrected chi connectivity index (χ1v) is 5.77. The smallest absolute Gasteiger partial charge is 0.222 e. The fraction of sp³-hybridized carbons (Fsp3) is 0.636. The number of aromatic amines is 1. The summed E-state index contributed by atoms with van der Waals surface area (Å²) in [6.45, 7) is 3.00. The molecule has 88 valence electrons. The van der Waals surface area contributed by atoms with Crippen molar-refractivity contribution in [2.24, 2.45) is 0 Å². The minimum absolute atomic E-state index is 0.0210. The predicted molar refractivity (Wildman–Crippen MR) is 60.8 cm³/mol. The molecule has 1 amide bonds. The quantitative estimate of drug-likeness (QED) is 0.703. The van der Waals surface area contributed by atoms with Crippen molar-refractivity contribution < 1.29 is 4.79 Å². The van der Waals surface area contributed by atoms with Crippen LogP contribution in [0.2, 0.25) is 0 Å². The zero-order valence-corrected chi connectivity index (χ0v) is 9.49. The Bertz CT molecular complexity index is 330. The minimum Gasteiger partial charge on any atom is -0.349 e. The lowest BCUT2D eigenvalue weighted by Gasteiger charge is -2.14. The van der Waals surface area contributed by atoms with E-state index in [1.54, 1.807) is 12.4 Å². The summed E-state index contributed by atoms with van der Waals surface area (Å²) in [6.07, 6.45) is 6.39. The second-order valence-electron chi connectivity index (χ2n) is 4.32. The molecule has 16 heavy (non-hydrogen) atoms. The summed E-state index contributed by atoms with van der Waals surface area (Å²) < 4.78 is 0. The SMILES string of the molecule is CC(NC(=O)CC1CCCN1)c1cn[nH]c1. The van der Waals surface area contributed by atoms with Crippen LogP contribution < -0.4 is 10.6 Å². The van der Waals surface area contributed by atoms with Gasteiger partial charge in [-0.05, 0) is 26.3 Å². The maximum atomic E-state index is 11.7. The molecule has 1 aromatic rings. The van der Waals surface area contributed by atoms with Crippen molar-refractivity contribution in [3.63, 3.8) is 0 Å². The van der Waals surface area contributed by atoms with Gasteiger partial charge in [-0.15, -0.1) is 0 Å². The number of hydrogen-bond acceptors (Lipinski definition) is 3. The van der Waals surface area contributed by atoms with Crippen molar-refractivity contribution in [1.82, 2.24) is 20.8 Å². The number of aromatic nitrogens is 2. The molecular weight excluding hydrogens is 204 g/mol. The number of hydrogen-bond donors (Lipinski definition) is 3. The number of rotatable bonds is 4. The van der Waals surface area contributed by atoms with Gasteiger partial charge in [0, 0.05) is 24.2 Å². The largest absolute Gasteiger partial charge is 0.349 e. The van der Waals surface area contributed by atoms with Crippen molar-refractivity contribution in [3.05, 3.63) is 18.0 Å². The van der Waals surface area contributed by atoms with Gasteiger partial charge in [-0.3, -0.25) is 9.89 Å². The van der Waals surface area contributed by atoms with E-state index >= 15 is 0 Å². The summed E-state index contributed by atoms with van der Waals surface area (Å²) >= 11 is 0. The lowest BCUT2D eigenvalue weighted by atomic mass is 10.1. The molecule has 5 heteroatoms. The summed E-state index contributed by atoms with van der Waals surface area (Å²) in [4.78, 5) is 11.7. The third-order valence-corrected chi connectivity index (χ3v) is 2.99. The van der Waals surface area contributed by atoms with E-state index in [1.165, 1.54) is 6.42 Å². The maximum absolute atomic E-state index is 11.7. The molecule has 0 bridgehead atoms. The Labute approximate surface area is 95.0 Å². The molecule has 2 rings (SSSR count). The highest BCUT2D eigenvalue weighted by atomic mass is 16.1. The first-order chi connectivity index (χ1) is 7.75. The van der Waals surface area contributed by atoms with E-state index in [0.29, 0.717) is 12.5 Å². The van der Waals surface area contributed by atoms with Crippen molar-refractivity contribution in [2.75, 3.05) is 6.54 Å². The topological polar surface area (TPSA) is 69.8 Å². The third kappa shape index (κ3) is 2.82. The molecule has 3 N–H and O–H groups in total. The summed E-state index contributed by atoms with van der Waals surface area (Å²) in [5, 5.41) is 12.9. The Morgan fingerprint density at radius 3 is 3.25 bits per heavy atom. The molecule has 0 aliphatic carbocycles. The lowest BCUT2D eigenvalue weighted by molar-refractivity contribution is -0.122. The van der Waals surface area contributed by atoms with Crippen LogP contribution in [0.1, 0.15) is 37.8 Å². The number of amides is 1. The van der Waals surface area contributed by atoms with Crippen LogP contribution in [-0.4, -0.2) is 28.7 Å². The molecule has 2 heterocycles. The van der Waals surface area contributed by atoms with Gasteiger partial charge in [0.1, 0.15) is 0 Å². The molecule has 0 saturated carbocycles. The molecule has 0 aromatic carbocycles. The van der Waals surface area contributed by atoms with E-state index in [4.69, 9.17) is 0 Å². The van der Waals surface area contributed by atoms with Gasteiger partial charge in [-0.25, -0.2) is 0 Å². The third-order valence-electron chi connectivity index (χ3n) is 2.99. The molecule has 1 saturated heterocycles. The zero-order valence-electron chi connectivity index (χ0n) is 9.49. The average molecular weight is 222 g/mol. The Kier molecular flexibility index (Phi) is 3.56. The molecule has 0 spiro atoms. The van der Waals surface area contributed by atoms with Gasteiger partial charge in [0.05, 0.1) is 12.2 Å². The number of nitrogens with zero attached hydrogens (tertiary/aromatic N) is 1. The predicted octanol–water partition coefficient (Wildman–Crippen LogP) is 0.729. The average Bonchev–Trinajstić information content (AvgIpc) is 2.88. The van der Waals surface area contributed by atoms with Crippen molar-refractivity contribution >= 4 is 5.91 Å². The number of H-pyrrole nitrogens is 1. The molecular formula is C11H18N4O. The molecule has 1 aromatic heterocycles. The van der Waals surface area contributed by atoms with E-state index in [9.17, 15) is 4.79 Å². The Morgan fingerprint density at radius 2 is 2.62 bits per heavy atom. The highest BCUT2D eigenvalue weighted by Crippen LogP contribution is 2.12. The minimum atomic E-state index is 0.0210. The van der Waals surface area contributed by atoms with Crippen LogP contribution in [0.3, 0.4) is 0 Å². The van der Waals surface area contributed by atoms with Crippen molar-refractivity contribution in [1.29, 1.82) is 0 Å². The van der Waals surface area contributed by atoms with Gasteiger partial charge in [-0.2, -0.15) is 5.10 Å². The first kappa shape index (κ1) is 11.1. The van der Waals surface area contributed by atoms with E-state index in [-0.39, 0.29) is 11.9 Å². The van der Waals surface area contributed by atoms with Crippen LogP contribution in [0.25, 0.3) is 0 Å². The summed E-state index contributed by atoms with van der Waals surface area (Å²) in [7, 11) is 0. The standard InChI is InChI=1S/C11H18N4O/c1-8(9-6-13-14-7-9)15-11(16)5-10-3-2-4-12-10/h6-8,10,12H,2-5H2,1H3,(H,13,14)(H,15,16). The lowest BCUT2D eigenvalue weighted by Crippen LogP contribution is -2.33. The van der Waals surface area contributed by atoms with Crippen LogP contribution in [0.5, 0.6) is 0 Å². The molecule has 1 aliphatic heterocycles. The van der Waals surface area contributed by atoms with E-state index in [2.05, 4.69) is 20.8 Å². The molecule has 5 nitrogen and oxygen atoms in total. The van der Waals surface area contributed by atoms with Crippen molar-refractivity contribution in [2.45, 2.75) is 38.3 Å². The molecule has 2 unspecified atom stereocenters. The van der Waals surface area contributed by atoms with Crippen LogP contribution in [0.15, 0.2) is 12.4 Å². The Hall–Kier alpha value is -1.36.